The molecule has 0 saturated carbocycles. The second-order valence-electron chi connectivity index (χ2n) is 5.68. The molecular formula is C21H24IrP2Pd. The van der Waals surface area contributed by atoms with Gasteiger partial charge < -0.3 is 0 Å². The zero-order chi connectivity index (χ0) is 16.5. The molecule has 0 N–H and O–H groups in total. The Morgan fingerprint density at radius 3 is 0.880 bits per heavy atom. The van der Waals surface area contributed by atoms with Gasteiger partial charge in [-0.25, -0.2) is 0 Å². The maximum atomic E-state index is 2.23. The standard InChI is InChI=1S/C18H15P.C3H9P.Ir.Pd/c1-4-10-16(11-5-1)19(17-12-6-2-7-13-17)18-14-8-3-9-15-18;1-4(2)3;;/h1-15H;1-3H3;;. The van der Waals surface area contributed by atoms with Crippen LogP contribution in [0.25, 0.3) is 0 Å². The first-order chi connectivity index (χ1) is 11.2. The van der Waals surface area contributed by atoms with Crippen LogP contribution >= 0.6 is 15.8 Å². The van der Waals surface area contributed by atoms with Crippen LogP contribution in [-0.2, 0) is 40.5 Å². The first-order valence-electron chi connectivity index (χ1n) is 7.74. The normalized spacial score (nSPS) is 9.48. The van der Waals surface area contributed by atoms with Gasteiger partial charge in [0.1, 0.15) is 0 Å². The molecule has 0 bridgehead atoms. The SMILES string of the molecule is CP(C)C.[Ir].[Pd].c1ccc(P(c2ccccc2)c2ccccc2)cc1. The van der Waals surface area contributed by atoms with E-state index in [0.717, 1.165) is 0 Å². The van der Waals surface area contributed by atoms with E-state index in [1.807, 2.05) is 0 Å². The number of hydrogen-bond donors (Lipinski definition) is 0. The molecule has 0 amide bonds. The molecule has 3 rings (SSSR count). The fraction of sp³-hybridized carbons (Fsp3) is 0.143. The molecule has 25 heavy (non-hydrogen) atoms. The van der Waals surface area contributed by atoms with Gasteiger partial charge in [-0.1, -0.05) is 91.0 Å². The first kappa shape index (κ1) is 24.8. The van der Waals surface area contributed by atoms with Gasteiger partial charge in [-0.15, -0.1) is 7.92 Å². The molecule has 0 aromatic heterocycles. The van der Waals surface area contributed by atoms with Gasteiger partial charge in [0, 0.05) is 40.5 Å². The molecule has 0 fully saturated rings. The minimum atomic E-state index is -0.446. The van der Waals surface area contributed by atoms with Crippen LogP contribution in [0.15, 0.2) is 91.0 Å². The topological polar surface area (TPSA) is 0 Å². The van der Waals surface area contributed by atoms with Crippen LogP contribution < -0.4 is 15.9 Å². The molecule has 0 aliphatic carbocycles. The van der Waals surface area contributed by atoms with Crippen molar-refractivity contribution in [3.8, 4) is 0 Å². The molecule has 0 saturated heterocycles. The van der Waals surface area contributed by atoms with E-state index >= 15 is 0 Å². The Morgan fingerprint density at radius 2 is 0.680 bits per heavy atom. The summed E-state index contributed by atoms with van der Waals surface area (Å²) in [5.41, 5.74) is 0. The minimum absolute atomic E-state index is 0. The molecule has 137 valence electrons. The predicted octanol–water partition coefficient (Wildman–Crippen LogP) is 4.80. The van der Waals surface area contributed by atoms with Crippen molar-refractivity contribution in [3.63, 3.8) is 0 Å². The van der Waals surface area contributed by atoms with Gasteiger partial charge in [-0.3, -0.25) is 0 Å². The molecule has 3 aromatic rings. The van der Waals surface area contributed by atoms with Crippen molar-refractivity contribution < 1.29 is 40.5 Å². The predicted molar refractivity (Wildman–Crippen MR) is 110 cm³/mol. The van der Waals surface area contributed by atoms with Crippen molar-refractivity contribution in [1.82, 2.24) is 0 Å². The van der Waals surface area contributed by atoms with Gasteiger partial charge in [0.2, 0.25) is 0 Å². The van der Waals surface area contributed by atoms with E-state index in [4.69, 9.17) is 0 Å². The Balaban J connectivity index is 0.000000874. The van der Waals surface area contributed by atoms with Crippen LogP contribution in [0, 0.1) is 0 Å². The van der Waals surface area contributed by atoms with Gasteiger partial charge in [-0.2, -0.15) is 0 Å². The first-order valence-corrected chi connectivity index (χ1v) is 11.8. The molecule has 3 aromatic carbocycles. The van der Waals surface area contributed by atoms with E-state index < -0.39 is 7.92 Å². The molecular weight excluding hydrogens is 613 g/mol. The van der Waals surface area contributed by atoms with E-state index in [1.165, 1.54) is 15.9 Å². The van der Waals surface area contributed by atoms with Crippen LogP contribution in [0.3, 0.4) is 0 Å². The Labute approximate surface area is 182 Å². The van der Waals surface area contributed by atoms with Gasteiger partial charge in [0.25, 0.3) is 0 Å². The molecule has 0 atom stereocenters. The fourth-order valence-corrected chi connectivity index (χ4v) is 4.48. The van der Waals surface area contributed by atoms with Crippen molar-refractivity contribution in [2.75, 3.05) is 20.0 Å². The van der Waals surface area contributed by atoms with Crippen LogP contribution in [0.5, 0.6) is 0 Å². The van der Waals surface area contributed by atoms with E-state index in [1.54, 1.807) is 0 Å². The summed E-state index contributed by atoms with van der Waals surface area (Å²) in [7, 11) is -0.0664. The van der Waals surface area contributed by atoms with Crippen molar-refractivity contribution >= 4 is 31.8 Å². The van der Waals surface area contributed by atoms with Crippen LogP contribution in [-0.4, -0.2) is 20.0 Å². The molecule has 1 radical (unpaired) electrons. The van der Waals surface area contributed by atoms with Gasteiger partial charge >= 0.3 is 0 Å². The Morgan fingerprint density at radius 1 is 0.480 bits per heavy atom. The summed E-state index contributed by atoms with van der Waals surface area (Å²) in [5.74, 6) is 0. The molecule has 4 heteroatoms. The quantitative estimate of drug-likeness (QED) is 0.287. The van der Waals surface area contributed by atoms with Crippen molar-refractivity contribution in [2.24, 2.45) is 0 Å². The van der Waals surface area contributed by atoms with Crippen LogP contribution in [0.2, 0.25) is 0 Å². The summed E-state index contributed by atoms with van der Waals surface area (Å²) >= 11 is 0. The number of rotatable bonds is 3. The number of hydrogen-bond acceptors (Lipinski definition) is 0. The summed E-state index contributed by atoms with van der Waals surface area (Å²) < 4.78 is 0. The molecule has 0 aliphatic rings. The molecule has 0 nitrogen and oxygen atoms in total. The van der Waals surface area contributed by atoms with E-state index in [0.29, 0.717) is 7.92 Å². The van der Waals surface area contributed by atoms with E-state index in [2.05, 4.69) is 111 Å². The van der Waals surface area contributed by atoms with Crippen LogP contribution in [0.4, 0.5) is 0 Å². The van der Waals surface area contributed by atoms with Gasteiger partial charge in [0.05, 0.1) is 0 Å². The van der Waals surface area contributed by atoms with Crippen molar-refractivity contribution in [3.05, 3.63) is 91.0 Å². The second kappa shape index (κ2) is 14.0. The molecule has 0 heterocycles. The van der Waals surface area contributed by atoms with E-state index in [-0.39, 0.29) is 40.5 Å². The van der Waals surface area contributed by atoms with Crippen LogP contribution in [0.1, 0.15) is 0 Å². The van der Waals surface area contributed by atoms with Crippen molar-refractivity contribution in [2.45, 2.75) is 0 Å². The zero-order valence-electron chi connectivity index (χ0n) is 14.7. The summed E-state index contributed by atoms with van der Waals surface area (Å²) in [6, 6.07) is 32.3. The minimum Gasteiger partial charge on any atom is -0.116 e. The monoisotopic (exact) mass is 637 g/mol. The Hall–Kier alpha value is -0.168. The molecule has 0 unspecified atom stereocenters. The Kier molecular flexibility index (Phi) is 13.9. The zero-order valence-corrected chi connectivity index (χ0v) is 20.4. The number of benzene rings is 3. The summed E-state index contributed by atoms with van der Waals surface area (Å²) in [6.45, 7) is 6.69. The summed E-state index contributed by atoms with van der Waals surface area (Å²) in [4.78, 5) is 0. The average Bonchev–Trinajstić information content (AvgIpc) is 2.58. The smallest absolute Gasteiger partial charge is 0 e. The average molecular weight is 637 g/mol. The second-order valence-corrected chi connectivity index (χ2v) is 10.6. The van der Waals surface area contributed by atoms with Gasteiger partial charge in [-0.05, 0) is 43.8 Å². The maximum absolute atomic E-state index is 2.23. The molecule has 0 spiro atoms. The third-order valence-electron chi connectivity index (χ3n) is 3.04. The largest absolute Gasteiger partial charge is 0.116 e. The fourth-order valence-electron chi connectivity index (χ4n) is 2.18. The summed E-state index contributed by atoms with van der Waals surface area (Å²) in [5, 5.41) is 4.19. The van der Waals surface area contributed by atoms with E-state index in [9.17, 15) is 0 Å². The van der Waals surface area contributed by atoms with Gasteiger partial charge in [0.15, 0.2) is 0 Å². The third-order valence-corrected chi connectivity index (χ3v) is 5.49. The summed E-state index contributed by atoms with van der Waals surface area (Å²) in [6.07, 6.45) is 0. The maximum Gasteiger partial charge on any atom is 0 e. The Bertz CT molecular complexity index is 579. The third kappa shape index (κ3) is 8.85. The molecule has 0 aliphatic heterocycles. The van der Waals surface area contributed by atoms with Crippen molar-refractivity contribution in [1.29, 1.82) is 0 Å².